The zero-order valence-electron chi connectivity index (χ0n) is 32.3. The van der Waals surface area contributed by atoms with Crippen molar-refractivity contribution in [2.45, 2.75) is 150 Å². The van der Waals surface area contributed by atoms with Gasteiger partial charge in [0.15, 0.2) is 25.2 Å². The molecule has 0 bridgehead atoms. The molecule has 0 aliphatic carbocycles. The molecule has 25 nitrogen and oxygen atoms in total. The van der Waals surface area contributed by atoms with Gasteiger partial charge in [0.1, 0.15) is 97.4 Å². The first kappa shape index (κ1) is 47.9. The van der Waals surface area contributed by atoms with Crippen LogP contribution in [0.3, 0.4) is 0 Å². The molecule has 4 amide bonds. The van der Waals surface area contributed by atoms with Gasteiger partial charge in [-0.15, -0.1) is 0 Å². The highest BCUT2D eigenvalue weighted by molar-refractivity contribution is 5.74. The molecule has 4 rings (SSSR count). The van der Waals surface area contributed by atoms with E-state index in [2.05, 4.69) is 16.0 Å². The second-order valence-corrected chi connectivity index (χ2v) is 14.5. The Labute approximate surface area is 331 Å². The lowest BCUT2D eigenvalue weighted by Crippen LogP contribution is -2.71. The molecule has 25 heteroatoms. The molecule has 20 atom stereocenters. The fourth-order valence-electron chi connectivity index (χ4n) is 7.39. The molecular formula is C33H56N4O21. The van der Waals surface area contributed by atoms with Gasteiger partial charge in [0.2, 0.25) is 23.6 Å². The van der Waals surface area contributed by atoms with E-state index in [9.17, 15) is 70.2 Å². The third-order valence-corrected chi connectivity index (χ3v) is 10.4. The smallest absolute Gasteiger partial charge is 0.219 e. The maximum Gasteiger partial charge on any atom is 0.219 e. The summed E-state index contributed by atoms with van der Waals surface area (Å²) in [5.41, 5.74) is 0. The van der Waals surface area contributed by atoms with Crippen molar-refractivity contribution in [3.8, 4) is 0 Å². The minimum Gasteiger partial charge on any atom is -0.394 e. The standard InChI is InChI=1S/C33H56N4O21/c1-10(42)34-18-23(47)27(15(7-39)52-30(18)51)56-31-19(35-11(2)43)24(48)28(16(8-40)54-31)57-32-20(36-12(3)44)25(49)29(17(9-41)55-32)58-33-21(37(5)13(4)45)26(50)22(46)14(6-38)53-33/h14-33,38-41,46-51H,6-9H2,1-5H3,(H,34,42)(H,35,43)(H,36,44)/t14-,15-,16-,17-,18-,19-,20-,21-,22-,23?,24?,25?,26?,27+,28-,29+,30?,31-,32+,33-/m0/s1. The molecule has 0 radical (unpaired) electrons. The second kappa shape index (κ2) is 20.6. The number of amides is 4. The van der Waals surface area contributed by atoms with Crippen molar-refractivity contribution >= 4 is 23.6 Å². The van der Waals surface area contributed by atoms with E-state index < -0.39 is 173 Å². The van der Waals surface area contributed by atoms with E-state index in [1.807, 2.05) is 0 Å². The maximum atomic E-state index is 12.4. The van der Waals surface area contributed by atoms with E-state index >= 15 is 0 Å². The van der Waals surface area contributed by atoms with Crippen LogP contribution in [0.15, 0.2) is 0 Å². The first-order valence-electron chi connectivity index (χ1n) is 18.4. The fraction of sp³-hybridized carbons (Fsp3) is 0.879. The summed E-state index contributed by atoms with van der Waals surface area (Å²) < 4.78 is 40.8. The van der Waals surface area contributed by atoms with Gasteiger partial charge in [0.05, 0.1) is 26.4 Å². The Morgan fingerprint density at radius 2 is 0.845 bits per heavy atom. The number of aliphatic hydroxyl groups excluding tert-OH is 10. The lowest BCUT2D eigenvalue weighted by molar-refractivity contribution is -0.363. The Morgan fingerprint density at radius 3 is 1.22 bits per heavy atom. The Bertz CT molecular complexity index is 1400. The fourth-order valence-corrected chi connectivity index (χ4v) is 7.39. The van der Waals surface area contributed by atoms with Crippen molar-refractivity contribution in [1.82, 2.24) is 20.9 Å². The Hall–Kier alpha value is -2.80. The summed E-state index contributed by atoms with van der Waals surface area (Å²) in [6.45, 7) is 0.955. The minimum absolute atomic E-state index is 0.596. The summed E-state index contributed by atoms with van der Waals surface area (Å²) in [4.78, 5) is 49.9. The van der Waals surface area contributed by atoms with Gasteiger partial charge in [0.25, 0.3) is 0 Å². The van der Waals surface area contributed by atoms with Crippen LogP contribution in [0.25, 0.3) is 0 Å². The molecule has 4 fully saturated rings. The molecule has 0 saturated carbocycles. The van der Waals surface area contributed by atoms with Crippen molar-refractivity contribution in [2.75, 3.05) is 33.5 Å². The van der Waals surface area contributed by atoms with Crippen molar-refractivity contribution in [2.24, 2.45) is 0 Å². The van der Waals surface area contributed by atoms with E-state index in [1.54, 1.807) is 0 Å². The van der Waals surface area contributed by atoms with Gasteiger partial charge in [-0.3, -0.25) is 19.2 Å². The third kappa shape index (κ3) is 10.6. The Kier molecular flexibility index (Phi) is 17.0. The molecule has 4 aliphatic heterocycles. The van der Waals surface area contributed by atoms with Crippen molar-refractivity contribution in [3.63, 3.8) is 0 Å². The number of nitrogens with zero attached hydrogens (tertiary/aromatic N) is 1. The number of nitrogens with one attached hydrogen (secondary N) is 3. The van der Waals surface area contributed by atoms with Crippen LogP contribution < -0.4 is 16.0 Å². The summed E-state index contributed by atoms with van der Waals surface area (Å²) in [5.74, 6) is -2.75. The SMILES string of the molecule is CC(=O)N[C@@H]1C(O)O[C@@H](CO)[C@@H](O[C@@H]2O[C@@H](CO)[C@H](O[C@H]3O[C@@H](CO)[C@@H](O[C@@H]4O[C@@H](CO)[C@H](O)C(O)[C@@H]4N(C)C(C)=O)C(O)[C@@H]3NC(C)=O)C(O)[C@@H]2NC(C)=O)C1O. The lowest BCUT2D eigenvalue weighted by atomic mass is 9.93. The van der Waals surface area contributed by atoms with E-state index in [4.69, 9.17) is 33.2 Å². The largest absolute Gasteiger partial charge is 0.394 e. The van der Waals surface area contributed by atoms with Crippen LogP contribution >= 0.6 is 0 Å². The number of likely N-dealkylation sites (N-methyl/N-ethyl adjacent to an activating group) is 1. The Balaban J connectivity index is 1.62. The molecular weight excluding hydrogens is 788 g/mol. The quantitative estimate of drug-likeness (QED) is 0.0772. The second-order valence-electron chi connectivity index (χ2n) is 14.5. The van der Waals surface area contributed by atoms with Gasteiger partial charge in [-0.05, 0) is 0 Å². The molecule has 4 heterocycles. The predicted molar refractivity (Wildman–Crippen MR) is 185 cm³/mol. The third-order valence-electron chi connectivity index (χ3n) is 10.4. The van der Waals surface area contributed by atoms with E-state index in [-0.39, 0.29) is 0 Å². The summed E-state index contributed by atoms with van der Waals surface area (Å²) in [6, 6.07) is -6.10. The van der Waals surface area contributed by atoms with Gasteiger partial charge < -0.3 is 105 Å². The summed E-state index contributed by atoms with van der Waals surface area (Å²) in [7, 11) is 1.27. The highest BCUT2D eigenvalue weighted by atomic mass is 16.8. The van der Waals surface area contributed by atoms with Crippen LogP contribution in [-0.4, -0.2) is 236 Å². The van der Waals surface area contributed by atoms with Gasteiger partial charge in [-0.2, -0.15) is 0 Å². The van der Waals surface area contributed by atoms with Crippen LogP contribution in [0.4, 0.5) is 0 Å². The molecule has 0 aromatic rings. The molecule has 4 aliphatic rings. The normalized spacial score (nSPS) is 43.2. The number of ether oxygens (including phenoxy) is 7. The van der Waals surface area contributed by atoms with Crippen LogP contribution in [0, 0.1) is 0 Å². The molecule has 0 aromatic carbocycles. The topological polar surface area (TPSA) is 375 Å². The van der Waals surface area contributed by atoms with Gasteiger partial charge in [0, 0.05) is 34.7 Å². The van der Waals surface area contributed by atoms with Crippen molar-refractivity contribution in [1.29, 1.82) is 0 Å². The summed E-state index contributed by atoms with van der Waals surface area (Å²) in [6.07, 6.45) is -26.9. The van der Waals surface area contributed by atoms with E-state index in [1.165, 1.54) is 7.05 Å². The zero-order valence-corrected chi connectivity index (χ0v) is 32.3. The van der Waals surface area contributed by atoms with Crippen LogP contribution in [0.1, 0.15) is 27.7 Å². The van der Waals surface area contributed by atoms with E-state index in [0.29, 0.717) is 0 Å². The molecule has 0 aromatic heterocycles. The van der Waals surface area contributed by atoms with E-state index in [0.717, 1.165) is 32.6 Å². The monoisotopic (exact) mass is 844 g/mol. The number of carbonyl (C=O) groups is 4. The molecule has 5 unspecified atom stereocenters. The first-order valence-corrected chi connectivity index (χ1v) is 18.4. The average molecular weight is 845 g/mol. The van der Waals surface area contributed by atoms with Crippen LogP contribution in [-0.2, 0) is 52.3 Å². The highest BCUT2D eigenvalue weighted by Gasteiger charge is 2.56. The molecule has 0 spiro atoms. The van der Waals surface area contributed by atoms with Gasteiger partial charge >= 0.3 is 0 Å². The number of carbonyl (C=O) groups excluding carboxylic acids is 4. The highest BCUT2D eigenvalue weighted by Crippen LogP contribution is 2.35. The number of hydrogen-bond acceptors (Lipinski definition) is 21. The molecule has 13 N–H and O–H groups in total. The average Bonchev–Trinajstić information content (AvgIpc) is 3.16. The summed E-state index contributed by atoms with van der Waals surface area (Å²) in [5, 5.41) is 114. The zero-order chi connectivity index (χ0) is 43.3. The number of rotatable bonds is 14. The van der Waals surface area contributed by atoms with Crippen LogP contribution in [0.2, 0.25) is 0 Å². The van der Waals surface area contributed by atoms with Gasteiger partial charge in [-0.1, -0.05) is 0 Å². The number of hydrogen-bond donors (Lipinski definition) is 13. The maximum absolute atomic E-state index is 12.4. The number of aliphatic hydroxyl groups is 10. The van der Waals surface area contributed by atoms with Gasteiger partial charge in [-0.25, -0.2) is 0 Å². The van der Waals surface area contributed by atoms with Crippen LogP contribution in [0.5, 0.6) is 0 Å². The van der Waals surface area contributed by atoms with Crippen molar-refractivity contribution < 1.29 is 103 Å². The molecule has 58 heavy (non-hydrogen) atoms. The summed E-state index contributed by atoms with van der Waals surface area (Å²) >= 11 is 0. The Morgan fingerprint density at radius 1 is 0.500 bits per heavy atom. The van der Waals surface area contributed by atoms with Crippen molar-refractivity contribution in [3.05, 3.63) is 0 Å². The predicted octanol–water partition coefficient (Wildman–Crippen LogP) is -8.83. The minimum atomic E-state index is -1.90. The lowest BCUT2D eigenvalue weighted by Gasteiger charge is -2.51. The molecule has 334 valence electrons. The molecule has 4 saturated heterocycles. The first-order chi connectivity index (χ1) is 27.3.